The molecule has 3 nitrogen and oxygen atoms in total. The lowest BCUT2D eigenvalue weighted by atomic mass is 10.0. The molecule has 0 bridgehead atoms. The minimum absolute atomic E-state index is 0.169. The molecule has 0 aromatic rings. The van der Waals surface area contributed by atoms with Crippen LogP contribution in [0.3, 0.4) is 0 Å². The van der Waals surface area contributed by atoms with E-state index in [4.69, 9.17) is 9.84 Å². The molecule has 0 heterocycles. The first-order valence-corrected chi connectivity index (χ1v) is 3.41. The van der Waals surface area contributed by atoms with Crippen LogP contribution in [0.2, 0.25) is 0 Å². The van der Waals surface area contributed by atoms with Crippen LogP contribution in [0.1, 0.15) is 19.8 Å². The van der Waals surface area contributed by atoms with Crippen LogP contribution < -0.4 is 0 Å². The number of rotatable bonds is 5. The predicted molar refractivity (Wildman–Crippen MR) is 37.9 cm³/mol. The van der Waals surface area contributed by atoms with Gasteiger partial charge < -0.3 is 9.84 Å². The SMILES string of the molecule is CCC(COC)CC(=O)O. The van der Waals surface area contributed by atoms with E-state index in [-0.39, 0.29) is 12.3 Å². The summed E-state index contributed by atoms with van der Waals surface area (Å²) in [5.41, 5.74) is 0. The molecule has 3 heteroatoms. The van der Waals surface area contributed by atoms with Gasteiger partial charge in [-0.25, -0.2) is 0 Å². The Kier molecular flexibility index (Phi) is 4.94. The number of methoxy groups -OCH3 is 1. The van der Waals surface area contributed by atoms with Gasteiger partial charge >= 0.3 is 5.97 Å². The summed E-state index contributed by atoms with van der Waals surface area (Å²) >= 11 is 0. The number of hydrogen-bond donors (Lipinski definition) is 1. The first-order valence-electron chi connectivity index (χ1n) is 3.41. The van der Waals surface area contributed by atoms with Crippen molar-refractivity contribution in [3.8, 4) is 0 Å². The van der Waals surface area contributed by atoms with Crippen molar-refractivity contribution in [1.29, 1.82) is 0 Å². The van der Waals surface area contributed by atoms with Crippen molar-refractivity contribution >= 4 is 5.97 Å². The molecule has 0 rings (SSSR count). The summed E-state index contributed by atoms with van der Waals surface area (Å²) in [7, 11) is 1.59. The molecule has 0 saturated carbocycles. The first-order chi connectivity index (χ1) is 4.70. The van der Waals surface area contributed by atoms with Gasteiger partial charge in [-0.1, -0.05) is 13.3 Å². The number of carboxylic acid groups (broad SMARTS) is 1. The summed E-state index contributed by atoms with van der Waals surface area (Å²) < 4.78 is 4.83. The fourth-order valence-electron chi connectivity index (χ4n) is 0.804. The summed E-state index contributed by atoms with van der Waals surface area (Å²) in [6.07, 6.45) is 1.07. The number of ether oxygens (including phenoxy) is 1. The molecular formula is C7H14O3. The summed E-state index contributed by atoms with van der Waals surface area (Å²) in [5, 5.41) is 8.39. The molecule has 1 unspecified atom stereocenters. The average Bonchev–Trinajstić information content (AvgIpc) is 1.86. The van der Waals surface area contributed by atoms with Gasteiger partial charge in [-0.3, -0.25) is 4.79 Å². The first kappa shape index (κ1) is 9.43. The molecule has 0 radical (unpaired) electrons. The quantitative estimate of drug-likeness (QED) is 0.632. The van der Waals surface area contributed by atoms with Crippen LogP contribution in [0.5, 0.6) is 0 Å². The summed E-state index contributed by atoms with van der Waals surface area (Å²) in [6.45, 7) is 2.51. The van der Waals surface area contributed by atoms with Crippen LogP contribution in [0.4, 0.5) is 0 Å². The van der Waals surface area contributed by atoms with E-state index in [0.717, 1.165) is 6.42 Å². The highest BCUT2D eigenvalue weighted by molar-refractivity contribution is 5.66. The van der Waals surface area contributed by atoms with E-state index in [1.54, 1.807) is 7.11 Å². The molecule has 10 heavy (non-hydrogen) atoms. The Morgan fingerprint density at radius 1 is 1.70 bits per heavy atom. The van der Waals surface area contributed by atoms with Crippen molar-refractivity contribution in [2.45, 2.75) is 19.8 Å². The van der Waals surface area contributed by atoms with Crippen molar-refractivity contribution in [3.63, 3.8) is 0 Å². The Labute approximate surface area is 61.0 Å². The van der Waals surface area contributed by atoms with Crippen molar-refractivity contribution < 1.29 is 14.6 Å². The minimum atomic E-state index is -0.746. The van der Waals surface area contributed by atoms with Gasteiger partial charge in [-0.05, 0) is 5.92 Å². The number of aliphatic carboxylic acids is 1. The Morgan fingerprint density at radius 3 is 2.60 bits per heavy atom. The largest absolute Gasteiger partial charge is 0.481 e. The highest BCUT2D eigenvalue weighted by Gasteiger charge is 2.09. The third-order valence-corrected chi connectivity index (χ3v) is 1.44. The van der Waals surface area contributed by atoms with E-state index in [9.17, 15) is 4.79 Å². The highest BCUT2D eigenvalue weighted by Crippen LogP contribution is 2.07. The second-order valence-electron chi connectivity index (χ2n) is 2.33. The Hall–Kier alpha value is -0.570. The molecule has 1 N–H and O–H groups in total. The Balaban J connectivity index is 3.49. The van der Waals surface area contributed by atoms with Crippen molar-refractivity contribution in [3.05, 3.63) is 0 Å². The van der Waals surface area contributed by atoms with E-state index >= 15 is 0 Å². The van der Waals surface area contributed by atoms with Gasteiger partial charge in [0.25, 0.3) is 0 Å². The van der Waals surface area contributed by atoms with Crippen molar-refractivity contribution in [2.75, 3.05) is 13.7 Å². The number of carbonyl (C=O) groups is 1. The Morgan fingerprint density at radius 2 is 2.30 bits per heavy atom. The van der Waals surface area contributed by atoms with Gasteiger partial charge in [-0.15, -0.1) is 0 Å². The van der Waals surface area contributed by atoms with Crippen LogP contribution >= 0.6 is 0 Å². The maximum atomic E-state index is 10.2. The zero-order valence-corrected chi connectivity index (χ0v) is 6.46. The third-order valence-electron chi connectivity index (χ3n) is 1.44. The number of hydrogen-bond acceptors (Lipinski definition) is 2. The fourth-order valence-corrected chi connectivity index (χ4v) is 0.804. The maximum Gasteiger partial charge on any atom is 0.303 e. The lowest BCUT2D eigenvalue weighted by molar-refractivity contribution is -0.138. The Bertz CT molecular complexity index is 101. The van der Waals surface area contributed by atoms with Gasteiger partial charge in [0.2, 0.25) is 0 Å². The summed E-state index contributed by atoms with van der Waals surface area (Å²) in [5.74, 6) is -0.577. The molecule has 0 aliphatic carbocycles. The monoisotopic (exact) mass is 146 g/mol. The van der Waals surface area contributed by atoms with Gasteiger partial charge in [0.1, 0.15) is 0 Å². The molecule has 0 fully saturated rings. The van der Waals surface area contributed by atoms with Gasteiger partial charge in [0.05, 0.1) is 6.42 Å². The molecule has 0 aromatic heterocycles. The zero-order chi connectivity index (χ0) is 7.98. The van der Waals surface area contributed by atoms with Crippen molar-refractivity contribution in [1.82, 2.24) is 0 Å². The third kappa shape index (κ3) is 4.32. The highest BCUT2D eigenvalue weighted by atomic mass is 16.5. The minimum Gasteiger partial charge on any atom is -0.481 e. The summed E-state index contributed by atoms with van der Waals surface area (Å²) in [4.78, 5) is 10.2. The lowest BCUT2D eigenvalue weighted by Gasteiger charge is -2.09. The lowest BCUT2D eigenvalue weighted by Crippen LogP contribution is -2.12. The van der Waals surface area contributed by atoms with Gasteiger partial charge in [0, 0.05) is 13.7 Å². The molecule has 0 aromatic carbocycles. The van der Waals surface area contributed by atoms with Gasteiger partial charge in [-0.2, -0.15) is 0 Å². The van der Waals surface area contributed by atoms with E-state index in [1.165, 1.54) is 0 Å². The van der Waals surface area contributed by atoms with Crippen LogP contribution in [0.15, 0.2) is 0 Å². The average molecular weight is 146 g/mol. The second-order valence-corrected chi connectivity index (χ2v) is 2.33. The van der Waals surface area contributed by atoms with Crippen LogP contribution in [-0.2, 0) is 9.53 Å². The summed E-state index contributed by atoms with van der Waals surface area (Å²) in [6, 6.07) is 0. The van der Waals surface area contributed by atoms with E-state index in [0.29, 0.717) is 6.61 Å². The van der Waals surface area contributed by atoms with Crippen LogP contribution in [-0.4, -0.2) is 24.8 Å². The second kappa shape index (κ2) is 5.23. The predicted octanol–water partition coefficient (Wildman–Crippen LogP) is 1.13. The van der Waals surface area contributed by atoms with Crippen molar-refractivity contribution in [2.24, 2.45) is 5.92 Å². The fraction of sp³-hybridized carbons (Fsp3) is 0.857. The molecule has 0 saturated heterocycles. The molecule has 0 aliphatic rings. The zero-order valence-electron chi connectivity index (χ0n) is 6.46. The molecule has 60 valence electrons. The molecule has 1 atom stereocenters. The van der Waals surface area contributed by atoms with E-state index < -0.39 is 5.97 Å². The molecular weight excluding hydrogens is 132 g/mol. The van der Waals surface area contributed by atoms with Crippen LogP contribution in [0.25, 0.3) is 0 Å². The van der Waals surface area contributed by atoms with E-state index in [2.05, 4.69) is 0 Å². The normalized spacial score (nSPS) is 13.0. The standard InChI is InChI=1S/C7H14O3/c1-3-6(5-10-2)4-7(8)9/h6H,3-5H2,1-2H3,(H,8,9). The van der Waals surface area contributed by atoms with Crippen LogP contribution in [0, 0.1) is 5.92 Å². The maximum absolute atomic E-state index is 10.2. The molecule has 0 aliphatic heterocycles. The topological polar surface area (TPSA) is 46.5 Å². The van der Waals surface area contributed by atoms with E-state index in [1.807, 2.05) is 6.92 Å². The number of carboxylic acids is 1. The van der Waals surface area contributed by atoms with Gasteiger partial charge in [0.15, 0.2) is 0 Å². The molecule has 0 spiro atoms. The molecule has 0 amide bonds. The smallest absolute Gasteiger partial charge is 0.303 e.